The summed E-state index contributed by atoms with van der Waals surface area (Å²) >= 11 is 0. The number of carbonyl (C=O) groups is 1. The van der Waals surface area contributed by atoms with Crippen LogP contribution < -0.4 is 11.1 Å². The highest BCUT2D eigenvalue weighted by atomic mass is 16.1. The van der Waals surface area contributed by atoms with Gasteiger partial charge in [0.25, 0.3) is 0 Å². The highest BCUT2D eigenvalue weighted by molar-refractivity contribution is 5.94. The van der Waals surface area contributed by atoms with Crippen LogP contribution in [0.1, 0.15) is 42.6 Å². The van der Waals surface area contributed by atoms with Crippen molar-refractivity contribution in [3.63, 3.8) is 0 Å². The van der Waals surface area contributed by atoms with Gasteiger partial charge in [0.1, 0.15) is 0 Å². The van der Waals surface area contributed by atoms with Crippen LogP contribution in [0.4, 0.5) is 0 Å². The third kappa shape index (κ3) is 5.72. The quantitative estimate of drug-likeness (QED) is 0.679. The lowest BCUT2D eigenvalue weighted by molar-refractivity contribution is 0.0999. The molecule has 0 aromatic heterocycles. The molecular formula is C16H27N3O. The number of carbonyl (C=O) groups excluding carboxylic acids is 1. The summed E-state index contributed by atoms with van der Waals surface area (Å²) in [5, 5.41) is 3.37. The van der Waals surface area contributed by atoms with Gasteiger partial charge in [-0.15, -0.1) is 0 Å². The number of amides is 1. The summed E-state index contributed by atoms with van der Waals surface area (Å²) in [6.45, 7) is 7.19. The molecule has 1 aromatic rings. The molecule has 1 rings (SSSR count). The van der Waals surface area contributed by atoms with Gasteiger partial charge in [-0.25, -0.2) is 0 Å². The minimum atomic E-state index is -0.360. The minimum Gasteiger partial charge on any atom is -0.366 e. The van der Waals surface area contributed by atoms with E-state index >= 15 is 0 Å². The van der Waals surface area contributed by atoms with Crippen molar-refractivity contribution in [2.75, 3.05) is 20.1 Å². The van der Waals surface area contributed by atoms with Gasteiger partial charge in [0.2, 0.25) is 5.91 Å². The molecule has 20 heavy (non-hydrogen) atoms. The average Bonchev–Trinajstić information content (AvgIpc) is 2.42. The molecule has 0 saturated carbocycles. The molecule has 0 radical (unpaired) electrons. The van der Waals surface area contributed by atoms with Crippen LogP contribution >= 0.6 is 0 Å². The van der Waals surface area contributed by atoms with Gasteiger partial charge < -0.3 is 16.0 Å². The third-order valence-electron chi connectivity index (χ3n) is 3.59. The Morgan fingerprint density at radius 1 is 1.30 bits per heavy atom. The largest absolute Gasteiger partial charge is 0.366 e. The zero-order chi connectivity index (χ0) is 15.0. The monoisotopic (exact) mass is 277 g/mol. The molecule has 0 saturated heterocycles. The van der Waals surface area contributed by atoms with E-state index in [4.69, 9.17) is 5.73 Å². The Morgan fingerprint density at radius 2 is 2.00 bits per heavy atom. The van der Waals surface area contributed by atoms with Gasteiger partial charge >= 0.3 is 0 Å². The Balaban J connectivity index is 2.23. The van der Waals surface area contributed by atoms with E-state index in [9.17, 15) is 4.79 Å². The van der Waals surface area contributed by atoms with E-state index in [1.54, 1.807) is 6.07 Å². The van der Waals surface area contributed by atoms with Gasteiger partial charge in [0.15, 0.2) is 0 Å². The first kappa shape index (κ1) is 16.7. The maximum atomic E-state index is 11.3. The van der Waals surface area contributed by atoms with E-state index in [1.807, 2.05) is 18.2 Å². The standard InChI is InChI=1S/C16H27N3O/c1-13(2)19(3)11-7-6-10-18-12-14-8-4-5-9-15(14)16(17)20/h4-5,8-9,13,18H,6-7,10-12H2,1-3H3,(H2,17,20). The molecule has 4 heteroatoms. The van der Waals surface area contributed by atoms with Crippen molar-refractivity contribution in [1.29, 1.82) is 0 Å². The number of unbranched alkanes of at least 4 members (excludes halogenated alkanes) is 1. The number of hydrogen-bond donors (Lipinski definition) is 2. The minimum absolute atomic E-state index is 0.360. The second-order valence-corrected chi connectivity index (χ2v) is 5.48. The number of nitrogens with zero attached hydrogens (tertiary/aromatic N) is 1. The van der Waals surface area contributed by atoms with Crippen LogP contribution in [0.2, 0.25) is 0 Å². The van der Waals surface area contributed by atoms with Gasteiger partial charge in [-0.05, 0) is 58.5 Å². The van der Waals surface area contributed by atoms with E-state index in [0.29, 0.717) is 18.2 Å². The molecule has 0 atom stereocenters. The van der Waals surface area contributed by atoms with Crippen LogP contribution in [0.3, 0.4) is 0 Å². The smallest absolute Gasteiger partial charge is 0.249 e. The highest BCUT2D eigenvalue weighted by Crippen LogP contribution is 2.07. The Bertz CT molecular complexity index is 418. The fourth-order valence-electron chi connectivity index (χ4n) is 2.01. The molecule has 3 N–H and O–H groups in total. The van der Waals surface area contributed by atoms with Crippen molar-refractivity contribution >= 4 is 5.91 Å². The molecule has 0 fully saturated rings. The Hall–Kier alpha value is -1.39. The predicted octanol–water partition coefficient (Wildman–Crippen LogP) is 2.00. The number of nitrogens with two attached hydrogens (primary N) is 1. The van der Waals surface area contributed by atoms with Crippen LogP contribution in [-0.2, 0) is 6.54 Å². The first-order chi connectivity index (χ1) is 9.52. The third-order valence-corrected chi connectivity index (χ3v) is 3.59. The molecule has 4 nitrogen and oxygen atoms in total. The summed E-state index contributed by atoms with van der Waals surface area (Å²) in [6.07, 6.45) is 2.31. The highest BCUT2D eigenvalue weighted by Gasteiger charge is 2.06. The van der Waals surface area contributed by atoms with Crippen molar-refractivity contribution in [2.24, 2.45) is 5.73 Å². The van der Waals surface area contributed by atoms with Gasteiger partial charge in [-0.2, -0.15) is 0 Å². The number of hydrogen-bond acceptors (Lipinski definition) is 3. The van der Waals surface area contributed by atoms with Gasteiger partial charge in [0.05, 0.1) is 0 Å². The Kier molecular flexibility index (Phi) is 7.26. The van der Waals surface area contributed by atoms with E-state index < -0.39 is 0 Å². The normalized spacial score (nSPS) is 11.2. The first-order valence-corrected chi connectivity index (χ1v) is 7.31. The lowest BCUT2D eigenvalue weighted by Crippen LogP contribution is -2.28. The van der Waals surface area contributed by atoms with Crippen molar-refractivity contribution in [2.45, 2.75) is 39.3 Å². The summed E-state index contributed by atoms with van der Waals surface area (Å²) in [5.74, 6) is -0.360. The van der Waals surface area contributed by atoms with Crippen molar-refractivity contribution in [3.8, 4) is 0 Å². The summed E-state index contributed by atoms with van der Waals surface area (Å²) in [4.78, 5) is 13.6. The predicted molar refractivity (Wildman–Crippen MR) is 83.7 cm³/mol. The molecule has 0 aliphatic carbocycles. The van der Waals surface area contributed by atoms with Gasteiger partial charge in [0, 0.05) is 18.2 Å². The summed E-state index contributed by atoms with van der Waals surface area (Å²) in [5.41, 5.74) is 6.94. The van der Waals surface area contributed by atoms with E-state index in [-0.39, 0.29) is 5.91 Å². The molecule has 112 valence electrons. The molecule has 0 bridgehead atoms. The fourth-order valence-corrected chi connectivity index (χ4v) is 2.01. The maximum Gasteiger partial charge on any atom is 0.249 e. The first-order valence-electron chi connectivity index (χ1n) is 7.31. The average molecular weight is 277 g/mol. The molecule has 0 heterocycles. The molecule has 0 spiro atoms. The van der Waals surface area contributed by atoms with Crippen LogP contribution in [0.25, 0.3) is 0 Å². The number of nitrogens with one attached hydrogen (secondary N) is 1. The van der Waals surface area contributed by atoms with E-state index in [2.05, 4.69) is 31.1 Å². The van der Waals surface area contributed by atoms with Gasteiger partial charge in [-0.1, -0.05) is 18.2 Å². The second-order valence-electron chi connectivity index (χ2n) is 5.48. The van der Waals surface area contributed by atoms with Crippen LogP contribution in [-0.4, -0.2) is 37.0 Å². The lowest BCUT2D eigenvalue weighted by atomic mass is 10.1. The molecule has 1 amide bonds. The molecular weight excluding hydrogens is 250 g/mol. The van der Waals surface area contributed by atoms with E-state index in [1.165, 1.54) is 6.42 Å². The molecule has 0 aliphatic heterocycles. The Labute approximate surface area is 122 Å². The summed E-state index contributed by atoms with van der Waals surface area (Å²) < 4.78 is 0. The summed E-state index contributed by atoms with van der Waals surface area (Å²) in [6, 6.07) is 8.09. The molecule has 0 aliphatic rings. The zero-order valence-corrected chi connectivity index (χ0v) is 12.9. The fraction of sp³-hybridized carbons (Fsp3) is 0.562. The number of rotatable bonds is 9. The second kappa shape index (κ2) is 8.72. The summed E-state index contributed by atoms with van der Waals surface area (Å²) in [7, 11) is 2.15. The van der Waals surface area contributed by atoms with Crippen LogP contribution in [0.5, 0.6) is 0 Å². The van der Waals surface area contributed by atoms with Crippen molar-refractivity contribution < 1.29 is 4.79 Å². The van der Waals surface area contributed by atoms with Crippen molar-refractivity contribution in [1.82, 2.24) is 10.2 Å². The lowest BCUT2D eigenvalue weighted by Gasteiger charge is -2.20. The number of benzene rings is 1. The molecule has 1 aromatic carbocycles. The zero-order valence-electron chi connectivity index (χ0n) is 12.9. The maximum absolute atomic E-state index is 11.3. The van der Waals surface area contributed by atoms with Gasteiger partial charge in [-0.3, -0.25) is 4.79 Å². The molecule has 0 unspecified atom stereocenters. The SMILES string of the molecule is CC(C)N(C)CCCCNCc1ccccc1C(N)=O. The van der Waals surface area contributed by atoms with Crippen LogP contribution in [0, 0.1) is 0 Å². The Morgan fingerprint density at radius 3 is 2.65 bits per heavy atom. The van der Waals surface area contributed by atoms with Crippen LogP contribution in [0.15, 0.2) is 24.3 Å². The number of primary amides is 1. The van der Waals surface area contributed by atoms with E-state index in [0.717, 1.165) is 25.1 Å². The van der Waals surface area contributed by atoms with Crippen molar-refractivity contribution in [3.05, 3.63) is 35.4 Å². The topological polar surface area (TPSA) is 58.4 Å².